The smallest absolute Gasteiger partial charge is 0.303 e. The second kappa shape index (κ2) is 7.46. The van der Waals surface area contributed by atoms with Gasteiger partial charge in [0.1, 0.15) is 11.9 Å². The summed E-state index contributed by atoms with van der Waals surface area (Å²) in [4.78, 5) is 22.6. The summed E-state index contributed by atoms with van der Waals surface area (Å²) in [7, 11) is 0. The van der Waals surface area contributed by atoms with E-state index in [1.807, 2.05) is 31.2 Å². The topological polar surface area (TPSA) is 71.1 Å². The van der Waals surface area contributed by atoms with Crippen molar-refractivity contribution in [2.24, 2.45) is 0 Å². The van der Waals surface area contributed by atoms with E-state index in [-0.39, 0.29) is 6.42 Å². The molecule has 126 valence electrons. The monoisotopic (exact) mass is 322 g/mol. The van der Waals surface area contributed by atoms with Crippen LogP contribution in [0.3, 0.4) is 0 Å². The molecule has 0 amide bonds. The zero-order valence-electron chi connectivity index (χ0n) is 13.8. The van der Waals surface area contributed by atoms with Crippen molar-refractivity contribution in [1.29, 1.82) is 0 Å². The molecular weight excluding hydrogens is 300 g/mol. The first-order chi connectivity index (χ1) is 10.9. The molecule has 1 heterocycles. The quantitative estimate of drug-likeness (QED) is 0.793. The standard InChI is InChI=1S/C17H22O6/c1-10-7-5-6-8-14(10)23-16-9-15(21-12(3)18)17(11(2)20-16)22-13(4)19/h5-8,11,15-17H,9H2,1-4H3/t11?,15-,16+,17?/m1/s1. The largest absolute Gasteiger partial charge is 0.465 e. The van der Waals surface area contributed by atoms with Gasteiger partial charge in [0.05, 0.1) is 12.5 Å². The van der Waals surface area contributed by atoms with Crippen molar-refractivity contribution in [3.8, 4) is 5.75 Å². The van der Waals surface area contributed by atoms with E-state index in [1.165, 1.54) is 13.8 Å². The Hall–Kier alpha value is -2.08. The van der Waals surface area contributed by atoms with Crippen LogP contribution < -0.4 is 4.74 Å². The third-order valence-electron chi connectivity index (χ3n) is 3.59. The molecule has 1 aliphatic rings. The number of ether oxygens (including phenoxy) is 4. The fraction of sp³-hybridized carbons (Fsp3) is 0.529. The molecule has 0 aliphatic carbocycles. The molecule has 1 aromatic rings. The van der Waals surface area contributed by atoms with Crippen molar-refractivity contribution in [3.05, 3.63) is 29.8 Å². The lowest BCUT2D eigenvalue weighted by atomic mass is 10.0. The van der Waals surface area contributed by atoms with Gasteiger partial charge < -0.3 is 18.9 Å². The number of esters is 2. The minimum atomic E-state index is -0.645. The summed E-state index contributed by atoms with van der Waals surface area (Å²) >= 11 is 0. The van der Waals surface area contributed by atoms with Crippen molar-refractivity contribution in [3.63, 3.8) is 0 Å². The van der Waals surface area contributed by atoms with Crippen molar-refractivity contribution in [2.45, 2.75) is 58.7 Å². The summed E-state index contributed by atoms with van der Waals surface area (Å²) in [5.74, 6) is -0.172. The van der Waals surface area contributed by atoms with E-state index in [4.69, 9.17) is 18.9 Å². The van der Waals surface area contributed by atoms with Gasteiger partial charge in [-0.3, -0.25) is 9.59 Å². The highest BCUT2D eigenvalue weighted by Crippen LogP contribution is 2.28. The summed E-state index contributed by atoms with van der Waals surface area (Å²) in [6.45, 7) is 6.33. The van der Waals surface area contributed by atoms with Crippen LogP contribution in [-0.4, -0.2) is 36.5 Å². The number of rotatable bonds is 4. The molecule has 6 heteroatoms. The molecule has 1 aromatic carbocycles. The molecule has 0 aromatic heterocycles. The molecule has 1 fully saturated rings. The molecule has 23 heavy (non-hydrogen) atoms. The molecule has 0 spiro atoms. The average molecular weight is 322 g/mol. The van der Waals surface area contributed by atoms with Crippen LogP contribution in [0.25, 0.3) is 0 Å². The molecule has 2 unspecified atom stereocenters. The van der Waals surface area contributed by atoms with Gasteiger partial charge in [0.15, 0.2) is 6.10 Å². The Morgan fingerprint density at radius 3 is 2.39 bits per heavy atom. The van der Waals surface area contributed by atoms with Crippen molar-refractivity contribution in [1.82, 2.24) is 0 Å². The van der Waals surface area contributed by atoms with Crippen LogP contribution in [0.1, 0.15) is 32.8 Å². The molecule has 2 rings (SSSR count). The van der Waals surface area contributed by atoms with E-state index < -0.39 is 36.5 Å². The first-order valence-electron chi connectivity index (χ1n) is 7.59. The molecule has 4 atom stereocenters. The highest BCUT2D eigenvalue weighted by Gasteiger charge is 2.41. The SMILES string of the molecule is CC(=O)OC1C(C)O[C@@H](Oc2ccccc2C)C[C@H]1OC(C)=O. The van der Waals surface area contributed by atoms with Crippen molar-refractivity contribution in [2.75, 3.05) is 0 Å². The Labute approximate surface area is 135 Å². The van der Waals surface area contributed by atoms with Gasteiger partial charge in [-0.05, 0) is 25.5 Å². The van der Waals surface area contributed by atoms with Gasteiger partial charge in [-0.15, -0.1) is 0 Å². The number of hydrogen-bond donors (Lipinski definition) is 0. The van der Waals surface area contributed by atoms with Gasteiger partial charge in [0.25, 0.3) is 0 Å². The molecule has 1 aliphatic heterocycles. The highest BCUT2D eigenvalue weighted by molar-refractivity contribution is 5.67. The number of aryl methyl sites for hydroxylation is 1. The van der Waals surface area contributed by atoms with Gasteiger partial charge in [-0.1, -0.05) is 18.2 Å². The molecule has 1 saturated heterocycles. The summed E-state index contributed by atoms with van der Waals surface area (Å²) in [6.07, 6.45) is -1.99. The lowest BCUT2D eigenvalue weighted by molar-refractivity contribution is -0.234. The van der Waals surface area contributed by atoms with Crippen LogP contribution in [0.2, 0.25) is 0 Å². The molecule has 0 saturated carbocycles. The fourth-order valence-corrected chi connectivity index (χ4v) is 2.60. The summed E-state index contributed by atoms with van der Waals surface area (Å²) in [5.41, 5.74) is 0.981. The van der Waals surface area contributed by atoms with Crippen molar-refractivity contribution < 1.29 is 28.5 Å². The van der Waals surface area contributed by atoms with Gasteiger partial charge >= 0.3 is 11.9 Å². The van der Waals surface area contributed by atoms with Gasteiger partial charge in [-0.2, -0.15) is 0 Å². The second-order valence-electron chi connectivity index (χ2n) is 5.61. The number of para-hydroxylation sites is 1. The van der Waals surface area contributed by atoms with E-state index in [0.717, 1.165) is 5.56 Å². The Balaban J connectivity index is 2.11. The molecular formula is C17H22O6. The first-order valence-corrected chi connectivity index (χ1v) is 7.59. The number of hydrogen-bond acceptors (Lipinski definition) is 6. The minimum absolute atomic E-state index is 0.288. The summed E-state index contributed by atoms with van der Waals surface area (Å²) in [5, 5.41) is 0. The van der Waals surface area contributed by atoms with Crippen LogP contribution in [0, 0.1) is 6.92 Å². The van der Waals surface area contributed by atoms with Crippen LogP contribution in [0.5, 0.6) is 5.75 Å². The van der Waals surface area contributed by atoms with Crippen LogP contribution in [0.4, 0.5) is 0 Å². The fourth-order valence-electron chi connectivity index (χ4n) is 2.60. The zero-order chi connectivity index (χ0) is 17.0. The Bertz CT molecular complexity index is 570. The maximum absolute atomic E-state index is 11.3. The number of benzene rings is 1. The normalized spacial score (nSPS) is 27.1. The maximum atomic E-state index is 11.3. The van der Waals surface area contributed by atoms with Crippen LogP contribution >= 0.6 is 0 Å². The molecule has 0 radical (unpaired) electrons. The van der Waals surface area contributed by atoms with Gasteiger partial charge in [0.2, 0.25) is 6.29 Å². The maximum Gasteiger partial charge on any atom is 0.303 e. The van der Waals surface area contributed by atoms with E-state index in [1.54, 1.807) is 6.92 Å². The zero-order valence-corrected chi connectivity index (χ0v) is 13.8. The highest BCUT2D eigenvalue weighted by atomic mass is 16.7. The van der Waals surface area contributed by atoms with E-state index in [2.05, 4.69) is 0 Å². The van der Waals surface area contributed by atoms with E-state index in [9.17, 15) is 9.59 Å². The first kappa shape index (κ1) is 17.3. The lowest BCUT2D eigenvalue weighted by Crippen LogP contribution is -2.52. The number of carbonyl (C=O) groups excluding carboxylic acids is 2. The lowest BCUT2D eigenvalue weighted by Gasteiger charge is -2.39. The molecule has 0 N–H and O–H groups in total. The second-order valence-corrected chi connectivity index (χ2v) is 5.61. The Morgan fingerprint density at radius 1 is 1.13 bits per heavy atom. The van der Waals surface area contributed by atoms with Crippen molar-refractivity contribution >= 4 is 11.9 Å². The predicted octanol–water partition coefficient (Wildman–Crippen LogP) is 2.37. The van der Waals surface area contributed by atoms with Crippen LogP contribution in [0.15, 0.2) is 24.3 Å². The third-order valence-corrected chi connectivity index (χ3v) is 3.59. The molecule has 0 bridgehead atoms. The van der Waals surface area contributed by atoms with E-state index in [0.29, 0.717) is 5.75 Å². The predicted molar refractivity (Wildman–Crippen MR) is 81.9 cm³/mol. The van der Waals surface area contributed by atoms with Gasteiger partial charge in [-0.25, -0.2) is 0 Å². The van der Waals surface area contributed by atoms with Gasteiger partial charge in [0, 0.05) is 13.8 Å². The average Bonchev–Trinajstić information content (AvgIpc) is 2.44. The van der Waals surface area contributed by atoms with Crippen LogP contribution in [-0.2, 0) is 23.8 Å². The summed E-state index contributed by atoms with van der Waals surface area (Å²) < 4.78 is 22.2. The summed E-state index contributed by atoms with van der Waals surface area (Å²) in [6, 6.07) is 7.58. The third kappa shape index (κ3) is 4.69. The number of carbonyl (C=O) groups is 2. The minimum Gasteiger partial charge on any atom is -0.465 e. The van der Waals surface area contributed by atoms with E-state index >= 15 is 0 Å². The Kier molecular flexibility index (Phi) is 5.60. The Morgan fingerprint density at radius 2 is 1.78 bits per heavy atom. The molecule has 6 nitrogen and oxygen atoms in total.